The lowest BCUT2D eigenvalue weighted by molar-refractivity contribution is -0.122. The number of thiocarbonyl (C=S) groups is 1. The molecule has 0 unspecified atom stereocenters. The van der Waals surface area contributed by atoms with E-state index in [1.54, 1.807) is 12.1 Å². The summed E-state index contributed by atoms with van der Waals surface area (Å²) < 4.78 is 13.8. The van der Waals surface area contributed by atoms with Crippen LogP contribution in [0.2, 0.25) is 0 Å². The van der Waals surface area contributed by atoms with Crippen LogP contribution in [0.25, 0.3) is 6.08 Å². The van der Waals surface area contributed by atoms with Crippen molar-refractivity contribution >= 4 is 46.5 Å². The van der Waals surface area contributed by atoms with Crippen LogP contribution in [-0.4, -0.2) is 31.7 Å². The first-order chi connectivity index (χ1) is 12.0. The zero-order valence-electron chi connectivity index (χ0n) is 12.6. The highest BCUT2D eigenvalue weighted by atomic mass is 32.2. The molecule has 2 aromatic rings. The quantitative estimate of drug-likeness (QED) is 0.489. The van der Waals surface area contributed by atoms with E-state index in [0.717, 1.165) is 16.8 Å². The minimum atomic E-state index is -0.477. The number of benzene rings is 2. The van der Waals surface area contributed by atoms with E-state index in [2.05, 4.69) is 5.10 Å². The minimum Gasteiger partial charge on any atom is -0.508 e. The van der Waals surface area contributed by atoms with E-state index in [4.69, 9.17) is 12.2 Å². The van der Waals surface area contributed by atoms with E-state index in [-0.39, 0.29) is 26.3 Å². The Morgan fingerprint density at radius 1 is 1.16 bits per heavy atom. The van der Waals surface area contributed by atoms with Crippen LogP contribution in [0.5, 0.6) is 11.5 Å². The number of thioether (sulfide) groups is 1. The number of hydrogen-bond acceptors (Lipinski definition) is 6. The van der Waals surface area contributed by atoms with Gasteiger partial charge in [0.1, 0.15) is 17.3 Å². The average molecular weight is 374 g/mol. The molecule has 126 valence electrons. The lowest BCUT2D eigenvalue weighted by atomic mass is 10.1. The van der Waals surface area contributed by atoms with Gasteiger partial charge >= 0.3 is 0 Å². The van der Waals surface area contributed by atoms with Crippen molar-refractivity contribution in [1.29, 1.82) is 0 Å². The normalized spacial score (nSPS) is 16.4. The number of halogens is 1. The van der Waals surface area contributed by atoms with E-state index in [1.165, 1.54) is 42.6 Å². The Bertz CT molecular complexity index is 928. The molecule has 0 saturated carbocycles. The monoisotopic (exact) mass is 374 g/mol. The molecule has 3 rings (SSSR count). The number of phenols is 2. The maximum absolute atomic E-state index is 13.6. The molecular formula is C17H11FN2O3S2. The molecule has 1 fully saturated rings. The molecule has 0 spiro atoms. The second kappa shape index (κ2) is 7.04. The zero-order valence-corrected chi connectivity index (χ0v) is 14.2. The largest absolute Gasteiger partial charge is 0.508 e. The van der Waals surface area contributed by atoms with Gasteiger partial charge in [0, 0.05) is 17.2 Å². The van der Waals surface area contributed by atoms with Gasteiger partial charge < -0.3 is 10.2 Å². The van der Waals surface area contributed by atoms with Crippen molar-refractivity contribution in [3.8, 4) is 11.5 Å². The third-order valence-corrected chi connectivity index (χ3v) is 4.57. The highest BCUT2D eigenvalue weighted by Gasteiger charge is 2.32. The molecule has 0 radical (unpaired) electrons. The van der Waals surface area contributed by atoms with Gasteiger partial charge in [-0.3, -0.25) is 4.79 Å². The summed E-state index contributed by atoms with van der Waals surface area (Å²) in [5.74, 6) is -1.19. The van der Waals surface area contributed by atoms with Crippen molar-refractivity contribution < 1.29 is 19.4 Å². The third-order valence-electron chi connectivity index (χ3n) is 3.29. The molecule has 2 aromatic carbocycles. The predicted molar refractivity (Wildman–Crippen MR) is 98.8 cm³/mol. The Kier molecular flexibility index (Phi) is 4.82. The zero-order chi connectivity index (χ0) is 18.0. The van der Waals surface area contributed by atoms with Gasteiger partial charge in [0.15, 0.2) is 4.32 Å². The second-order valence-corrected chi connectivity index (χ2v) is 6.68. The number of carbonyl (C=O) groups excluding carboxylic acids is 1. The van der Waals surface area contributed by atoms with Gasteiger partial charge in [0.25, 0.3) is 5.91 Å². The first-order valence-corrected chi connectivity index (χ1v) is 8.26. The first kappa shape index (κ1) is 17.1. The van der Waals surface area contributed by atoms with Gasteiger partial charge in [-0.05, 0) is 36.5 Å². The van der Waals surface area contributed by atoms with Gasteiger partial charge in [0.05, 0.1) is 11.1 Å². The number of phenolic OH excluding ortho intramolecular Hbond substituents is 2. The lowest BCUT2D eigenvalue weighted by Crippen LogP contribution is -2.22. The lowest BCUT2D eigenvalue weighted by Gasteiger charge is -2.06. The summed E-state index contributed by atoms with van der Waals surface area (Å²) in [6.45, 7) is 0. The molecule has 5 nitrogen and oxygen atoms in total. The highest BCUT2D eigenvalue weighted by molar-refractivity contribution is 8.26. The van der Waals surface area contributed by atoms with Crippen molar-refractivity contribution in [2.24, 2.45) is 5.10 Å². The van der Waals surface area contributed by atoms with Crippen molar-refractivity contribution in [3.63, 3.8) is 0 Å². The Hall–Kier alpha value is -2.71. The third kappa shape index (κ3) is 3.70. The van der Waals surface area contributed by atoms with E-state index in [1.807, 2.05) is 0 Å². The van der Waals surface area contributed by atoms with Crippen LogP contribution in [0.15, 0.2) is 52.5 Å². The molecule has 0 aliphatic carbocycles. The van der Waals surface area contributed by atoms with Crippen molar-refractivity contribution in [2.45, 2.75) is 0 Å². The maximum Gasteiger partial charge on any atom is 0.286 e. The van der Waals surface area contributed by atoms with E-state index in [0.29, 0.717) is 5.56 Å². The number of hydrazone groups is 1. The van der Waals surface area contributed by atoms with Crippen LogP contribution in [0.4, 0.5) is 4.39 Å². The molecule has 1 aliphatic heterocycles. The van der Waals surface area contributed by atoms with Crippen molar-refractivity contribution in [2.75, 3.05) is 0 Å². The average Bonchev–Trinajstić information content (AvgIpc) is 2.83. The summed E-state index contributed by atoms with van der Waals surface area (Å²) in [5.41, 5.74) is 0.591. The number of hydrogen-bond donors (Lipinski definition) is 2. The standard InChI is InChI=1S/C17H11FN2O3S2/c18-13-4-2-1-3-11(13)9-19-20-16(23)15(25-17(20)24)7-10-5-6-12(21)8-14(10)22/h1-9,21-22H/b15-7+,19-9+. The Balaban J connectivity index is 1.85. The van der Waals surface area contributed by atoms with Crippen LogP contribution in [-0.2, 0) is 4.79 Å². The molecule has 2 N–H and O–H groups in total. The highest BCUT2D eigenvalue weighted by Crippen LogP contribution is 2.34. The number of rotatable bonds is 3. The van der Waals surface area contributed by atoms with Gasteiger partial charge in [-0.2, -0.15) is 10.1 Å². The SMILES string of the molecule is O=C1/C(=C\c2ccc(O)cc2O)SC(=S)N1/N=C/c1ccccc1F. The summed E-state index contributed by atoms with van der Waals surface area (Å²) in [5, 5.41) is 24.1. The van der Waals surface area contributed by atoms with Crippen molar-refractivity contribution in [1.82, 2.24) is 5.01 Å². The number of amides is 1. The molecule has 25 heavy (non-hydrogen) atoms. The smallest absolute Gasteiger partial charge is 0.286 e. The number of nitrogens with zero attached hydrogens (tertiary/aromatic N) is 2. The van der Waals surface area contributed by atoms with Crippen LogP contribution >= 0.6 is 24.0 Å². The Morgan fingerprint density at radius 3 is 2.64 bits per heavy atom. The fraction of sp³-hybridized carbons (Fsp3) is 0. The predicted octanol–water partition coefficient (Wildman–Crippen LogP) is 3.47. The minimum absolute atomic E-state index is 0.0864. The Labute approximate surface area is 152 Å². The summed E-state index contributed by atoms with van der Waals surface area (Å²) in [6.07, 6.45) is 2.67. The van der Waals surface area contributed by atoms with Crippen LogP contribution in [0.3, 0.4) is 0 Å². The molecule has 1 saturated heterocycles. The van der Waals surface area contributed by atoms with E-state index < -0.39 is 11.7 Å². The maximum atomic E-state index is 13.6. The number of carbonyl (C=O) groups is 1. The van der Waals surface area contributed by atoms with E-state index >= 15 is 0 Å². The van der Waals surface area contributed by atoms with Crippen LogP contribution in [0, 0.1) is 5.82 Å². The summed E-state index contributed by atoms with van der Waals surface area (Å²) in [6, 6.07) is 10.1. The molecule has 1 aliphatic rings. The molecule has 8 heteroatoms. The van der Waals surface area contributed by atoms with Gasteiger partial charge in [0.2, 0.25) is 0 Å². The molecule has 0 atom stereocenters. The van der Waals surface area contributed by atoms with Crippen molar-refractivity contribution in [3.05, 3.63) is 64.3 Å². The van der Waals surface area contributed by atoms with Gasteiger partial charge in [-0.1, -0.05) is 30.0 Å². The molecular weight excluding hydrogens is 363 g/mol. The van der Waals surface area contributed by atoms with E-state index in [9.17, 15) is 19.4 Å². The fourth-order valence-corrected chi connectivity index (χ4v) is 3.22. The van der Waals surface area contributed by atoms with Gasteiger partial charge in [-0.25, -0.2) is 4.39 Å². The molecule has 1 heterocycles. The second-order valence-electron chi connectivity index (χ2n) is 5.00. The summed E-state index contributed by atoms with van der Waals surface area (Å²) >= 11 is 6.15. The molecule has 0 bridgehead atoms. The topological polar surface area (TPSA) is 73.1 Å². The number of aromatic hydroxyl groups is 2. The van der Waals surface area contributed by atoms with Crippen LogP contribution < -0.4 is 0 Å². The Morgan fingerprint density at radius 2 is 1.92 bits per heavy atom. The summed E-state index contributed by atoms with van der Waals surface area (Å²) in [4.78, 5) is 12.7. The first-order valence-electron chi connectivity index (χ1n) is 7.04. The molecule has 1 amide bonds. The van der Waals surface area contributed by atoms with Crippen LogP contribution in [0.1, 0.15) is 11.1 Å². The molecule has 0 aromatic heterocycles. The van der Waals surface area contributed by atoms with Gasteiger partial charge in [-0.15, -0.1) is 0 Å². The fourth-order valence-electron chi connectivity index (χ4n) is 2.05. The summed E-state index contributed by atoms with van der Waals surface area (Å²) in [7, 11) is 0.